The van der Waals surface area contributed by atoms with Gasteiger partial charge < -0.3 is 10.2 Å². The Morgan fingerprint density at radius 1 is 1.31 bits per heavy atom. The summed E-state index contributed by atoms with van der Waals surface area (Å²) in [6, 6.07) is 0. The monoisotopic (exact) mass is 228 g/mol. The minimum atomic E-state index is -1.01. The summed E-state index contributed by atoms with van der Waals surface area (Å²) in [7, 11) is 0. The number of aliphatic carboxylic acids is 2. The third-order valence-electron chi connectivity index (χ3n) is 3.74. The molecule has 0 bridgehead atoms. The average molecular weight is 228 g/mol. The van der Waals surface area contributed by atoms with Crippen LogP contribution in [0, 0.1) is 11.3 Å². The fourth-order valence-corrected chi connectivity index (χ4v) is 2.94. The van der Waals surface area contributed by atoms with Gasteiger partial charge in [-0.3, -0.25) is 9.59 Å². The molecule has 0 saturated heterocycles. The van der Waals surface area contributed by atoms with Crippen molar-refractivity contribution in [1.29, 1.82) is 0 Å². The molecular weight excluding hydrogens is 208 g/mol. The lowest BCUT2D eigenvalue weighted by molar-refractivity contribution is -0.162. The fourth-order valence-electron chi connectivity index (χ4n) is 2.94. The lowest BCUT2D eigenvalue weighted by Gasteiger charge is -2.40. The van der Waals surface area contributed by atoms with Gasteiger partial charge in [0.15, 0.2) is 0 Å². The predicted molar refractivity (Wildman–Crippen MR) is 59.2 cm³/mol. The van der Waals surface area contributed by atoms with Crippen molar-refractivity contribution in [2.75, 3.05) is 0 Å². The molecule has 4 heteroatoms. The van der Waals surface area contributed by atoms with Crippen molar-refractivity contribution in [2.24, 2.45) is 11.3 Å². The van der Waals surface area contributed by atoms with Crippen LogP contribution in [0.5, 0.6) is 0 Å². The number of hydrogen-bond acceptors (Lipinski definition) is 2. The van der Waals surface area contributed by atoms with Crippen LogP contribution >= 0.6 is 0 Å². The Labute approximate surface area is 95.7 Å². The first kappa shape index (κ1) is 13.0. The molecule has 0 heterocycles. The molecule has 0 spiro atoms. The Bertz CT molecular complexity index is 272. The molecule has 1 rings (SSSR count). The van der Waals surface area contributed by atoms with Crippen molar-refractivity contribution < 1.29 is 19.8 Å². The molecule has 2 atom stereocenters. The molecule has 0 aromatic rings. The third kappa shape index (κ3) is 2.54. The molecule has 0 aromatic heterocycles. The molecule has 0 amide bonds. The van der Waals surface area contributed by atoms with Crippen molar-refractivity contribution in [3.63, 3.8) is 0 Å². The molecule has 1 saturated carbocycles. The second kappa shape index (κ2) is 5.32. The molecular formula is C12H20O4. The van der Waals surface area contributed by atoms with Crippen molar-refractivity contribution in [1.82, 2.24) is 0 Å². The summed E-state index contributed by atoms with van der Waals surface area (Å²) in [6.07, 6.45) is 4.73. The standard InChI is InChI=1S/C12H20O4/c1-2-5-9-6-3-4-7-12(9,11(15)16)8-10(13)14/h9H,2-8H2,1H3,(H,13,14)(H,15,16). The van der Waals surface area contributed by atoms with E-state index in [0.717, 1.165) is 32.1 Å². The third-order valence-corrected chi connectivity index (χ3v) is 3.74. The molecule has 0 aromatic carbocycles. The van der Waals surface area contributed by atoms with Gasteiger partial charge in [-0.2, -0.15) is 0 Å². The highest BCUT2D eigenvalue weighted by Gasteiger charge is 2.48. The normalized spacial score (nSPS) is 29.9. The molecule has 16 heavy (non-hydrogen) atoms. The van der Waals surface area contributed by atoms with E-state index in [9.17, 15) is 14.7 Å². The molecule has 2 unspecified atom stereocenters. The zero-order chi connectivity index (χ0) is 12.2. The van der Waals surface area contributed by atoms with Crippen LogP contribution in [0.4, 0.5) is 0 Å². The second-order valence-electron chi connectivity index (χ2n) is 4.76. The SMILES string of the molecule is CCCC1CCCCC1(CC(=O)O)C(=O)O. The van der Waals surface area contributed by atoms with Crippen molar-refractivity contribution >= 4 is 11.9 Å². The van der Waals surface area contributed by atoms with Gasteiger partial charge in [-0.05, 0) is 25.2 Å². The van der Waals surface area contributed by atoms with E-state index in [1.165, 1.54) is 0 Å². The van der Waals surface area contributed by atoms with Crippen LogP contribution < -0.4 is 0 Å². The highest BCUT2D eigenvalue weighted by molar-refractivity contribution is 5.81. The van der Waals surface area contributed by atoms with E-state index in [4.69, 9.17) is 5.11 Å². The van der Waals surface area contributed by atoms with Gasteiger partial charge in [0.25, 0.3) is 0 Å². The Hall–Kier alpha value is -1.06. The van der Waals surface area contributed by atoms with E-state index in [2.05, 4.69) is 0 Å². The quantitative estimate of drug-likeness (QED) is 0.758. The summed E-state index contributed by atoms with van der Waals surface area (Å²) < 4.78 is 0. The van der Waals surface area contributed by atoms with Crippen molar-refractivity contribution in [3.05, 3.63) is 0 Å². The summed E-state index contributed by atoms with van der Waals surface area (Å²) >= 11 is 0. The zero-order valence-corrected chi connectivity index (χ0v) is 9.74. The topological polar surface area (TPSA) is 74.6 Å². The van der Waals surface area contributed by atoms with Gasteiger partial charge in [0.2, 0.25) is 0 Å². The van der Waals surface area contributed by atoms with E-state index in [-0.39, 0.29) is 12.3 Å². The second-order valence-corrected chi connectivity index (χ2v) is 4.76. The minimum Gasteiger partial charge on any atom is -0.481 e. The van der Waals surface area contributed by atoms with E-state index in [0.29, 0.717) is 6.42 Å². The van der Waals surface area contributed by atoms with Crippen LogP contribution in [0.1, 0.15) is 51.9 Å². The molecule has 4 nitrogen and oxygen atoms in total. The first-order chi connectivity index (χ1) is 7.53. The van der Waals surface area contributed by atoms with Gasteiger partial charge in [0.05, 0.1) is 11.8 Å². The van der Waals surface area contributed by atoms with Gasteiger partial charge in [-0.1, -0.05) is 26.2 Å². The minimum absolute atomic E-state index is 0.0276. The smallest absolute Gasteiger partial charge is 0.310 e. The number of carboxylic acids is 2. The van der Waals surface area contributed by atoms with E-state index < -0.39 is 17.4 Å². The Morgan fingerprint density at radius 2 is 2.00 bits per heavy atom. The fraction of sp³-hybridized carbons (Fsp3) is 0.833. The molecule has 0 radical (unpaired) electrons. The molecule has 92 valence electrons. The Kier molecular flexibility index (Phi) is 4.33. The summed E-state index contributed by atoms with van der Waals surface area (Å²) in [5.74, 6) is -1.89. The number of hydrogen-bond donors (Lipinski definition) is 2. The number of carboxylic acid groups (broad SMARTS) is 2. The summed E-state index contributed by atoms with van der Waals surface area (Å²) in [6.45, 7) is 2.02. The van der Waals surface area contributed by atoms with Gasteiger partial charge in [0.1, 0.15) is 0 Å². The van der Waals surface area contributed by atoms with Crippen LogP contribution in [0.25, 0.3) is 0 Å². The molecule has 1 fully saturated rings. The summed E-state index contributed by atoms with van der Waals surface area (Å²) in [5.41, 5.74) is -1.01. The van der Waals surface area contributed by atoms with Crippen LogP contribution in [-0.2, 0) is 9.59 Å². The lowest BCUT2D eigenvalue weighted by atomic mass is 9.63. The maximum atomic E-state index is 11.4. The molecule has 1 aliphatic carbocycles. The zero-order valence-electron chi connectivity index (χ0n) is 9.74. The predicted octanol–water partition coefficient (Wildman–Crippen LogP) is 2.52. The number of carbonyl (C=O) groups is 2. The lowest BCUT2D eigenvalue weighted by Crippen LogP contribution is -2.42. The molecule has 2 N–H and O–H groups in total. The van der Waals surface area contributed by atoms with Gasteiger partial charge in [-0.25, -0.2) is 0 Å². The van der Waals surface area contributed by atoms with E-state index in [1.54, 1.807) is 0 Å². The van der Waals surface area contributed by atoms with Crippen molar-refractivity contribution in [2.45, 2.75) is 51.9 Å². The highest BCUT2D eigenvalue weighted by atomic mass is 16.4. The van der Waals surface area contributed by atoms with Crippen molar-refractivity contribution in [3.8, 4) is 0 Å². The van der Waals surface area contributed by atoms with Crippen LogP contribution in [0.2, 0.25) is 0 Å². The molecule has 0 aliphatic heterocycles. The summed E-state index contributed by atoms with van der Waals surface area (Å²) in [5, 5.41) is 18.3. The van der Waals surface area contributed by atoms with E-state index >= 15 is 0 Å². The largest absolute Gasteiger partial charge is 0.481 e. The molecule has 1 aliphatic rings. The first-order valence-electron chi connectivity index (χ1n) is 5.98. The van der Waals surface area contributed by atoms with Gasteiger partial charge in [-0.15, -0.1) is 0 Å². The van der Waals surface area contributed by atoms with E-state index in [1.807, 2.05) is 6.92 Å². The maximum absolute atomic E-state index is 11.4. The highest BCUT2D eigenvalue weighted by Crippen LogP contribution is 2.46. The Balaban J connectivity index is 2.92. The van der Waals surface area contributed by atoms with Gasteiger partial charge >= 0.3 is 11.9 Å². The van der Waals surface area contributed by atoms with Crippen LogP contribution in [0.15, 0.2) is 0 Å². The van der Waals surface area contributed by atoms with Crippen LogP contribution in [0.3, 0.4) is 0 Å². The first-order valence-corrected chi connectivity index (χ1v) is 5.98. The number of rotatable bonds is 5. The van der Waals surface area contributed by atoms with Gasteiger partial charge in [0, 0.05) is 0 Å². The summed E-state index contributed by atoms with van der Waals surface area (Å²) in [4.78, 5) is 22.3. The maximum Gasteiger partial charge on any atom is 0.310 e. The average Bonchev–Trinajstić information content (AvgIpc) is 2.20. The Morgan fingerprint density at radius 3 is 2.50 bits per heavy atom. The van der Waals surface area contributed by atoms with Crippen LogP contribution in [-0.4, -0.2) is 22.2 Å².